The van der Waals surface area contributed by atoms with Crippen molar-refractivity contribution < 1.29 is 9.66 Å². The van der Waals surface area contributed by atoms with Gasteiger partial charge in [-0.2, -0.15) is 0 Å². The lowest BCUT2D eigenvalue weighted by Crippen LogP contribution is -2.09. The highest BCUT2D eigenvalue weighted by Gasteiger charge is 2.21. The summed E-state index contributed by atoms with van der Waals surface area (Å²) in [6.45, 7) is 0. The number of ether oxygens (including phenoxy) is 1. The van der Waals surface area contributed by atoms with Crippen molar-refractivity contribution in [2.45, 2.75) is 0 Å². The van der Waals surface area contributed by atoms with Gasteiger partial charge in [-0.25, -0.2) is 0 Å². The average Bonchev–Trinajstić information content (AvgIpc) is 1.90. The van der Waals surface area contributed by atoms with E-state index >= 15 is 0 Å². The molecule has 4 heteroatoms. The third-order valence-electron chi connectivity index (χ3n) is 0.797. The zero-order valence-electron chi connectivity index (χ0n) is 4.48. The molecule has 0 aromatic heterocycles. The zero-order valence-corrected chi connectivity index (χ0v) is 4.48. The molecule has 9 heavy (non-hydrogen) atoms. The fraction of sp³-hybridized carbons (Fsp3) is 0. The van der Waals surface area contributed by atoms with Crippen molar-refractivity contribution in [1.29, 1.82) is 0 Å². The van der Waals surface area contributed by atoms with Gasteiger partial charge in [0.15, 0.2) is 0 Å². The Bertz CT molecular complexity index is 173. The first-order chi connectivity index (χ1) is 4.30. The molecule has 0 atom stereocenters. The second-order valence-corrected chi connectivity index (χ2v) is 1.40. The van der Waals surface area contributed by atoms with Crippen molar-refractivity contribution in [3.63, 3.8) is 0 Å². The highest BCUT2D eigenvalue weighted by Crippen LogP contribution is 2.09. The van der Waals surface area contributed by atoms with Gasteiger partial charge in [0.2, 0.25) is 0 Å². The fourth-order valence-electron chi connectivity index (χ4n) is 0.435. The van der Waals surface area contributed by atoms with Crippen LogP contribution < -0.4 is 0 Å². The van der Waals surface area contributed by atoms with Crippen molar-refractivity contribution in [3.8, 4) is 0 Å². The van der Waals surface area contributed by atoms with Gasteiger partial charge in [-0.1, -0.05) is 6.08 Å². The predicted octanol–water partition coefficient (Wildman–Crippen LogP) is 0.853. The minimum Gasteiger partial charge on any atom is -0.424 e. The van der Waals surface area contributed by atoms with Gasteiger partial charge in [0.05, 0.1) is 11.2 Å². The van der Waals surface area contributed by atoms with Crippen molar-refractivity contribution in [3.05, 3.63) is 40.8 Å². The second kappa shape index (κ2) is 2.30. The molecule has 0 aromatic carbocycles. The molecule has 0 saturated heterocycles. The monoisotopic (exact) mass is 126 g/mol. The van der Waals surface area contributed by atoms with Gasteiger partial charge >= 0.3 is 6.23 Å². The van der Waals surface area contributed by atoms with E-state index in [2.05, 4.69) is 4.74 Å². The summed E-state index contributed by atoms with van der Waals surface area (Å²) < 4.78 is 4.49. The normalized spacial score (nSPS) is 17.3. The lowest BCUT2D eigenvalue weighted by atomic mass is 10.4. The summed E-state index contributed by atoms with van der Waals surface area (Å²) in [6, 6.07) is 0. The topological polar surface area (TPSA) is 52.4 Å². The van der Waals surface area contributed by atoms with Gasteiger partial charge in [-0.05, 0) is 6.08 Å². The van der Waals surface area contributed by atoms with Crippen molar-refractivity contribution >= 4 is 0 Å². The minimum absolute atomic E-state index is 0.238. The Balaban J connectivity index is 2.56. The Labute approximate surface area is 51.6 Å². The van der Waals surface area contributed by atoms with Crippen LogP contribution in [-0.4, -0.2) is 4.92 Å². The summed E-state index contributed by atoms with van der Waals surface area (Å²) in [5, 5.41) is 9.91. The molecule has 0 fully saturated rings. The molecule has 0 unspecified atom stereocenters. The first kappa shape index (κ1) is 5.81. The van der Waals surface area contributed by atoms with Gasteiger partial charge in [0.25, 0.3) is 0 Å². The van der Waals surface area contributed by atoms with E-state index in [0.29, 0.717) is 0 Å². The molecule has 0 bridgehead atoms. The van der Waals surface area contributed by atoms with E-state index in [1.807, 2.05) is 0 Å². The molecule has 0 spiro atoms. The zero-order chi connectivity index (χ0) is 6.69. The van der Waals surface area contributed by atoms with Crippen LogP contribution in [0.25, 0.3) is 0 Å². The van der Waals surface area contributed by atoms with Gasteiger partial charge in [-0.15, -0.1) is 0 Å². The Kier molecular flexibility index (Phi) is 1.48. The van der Waals surface area contributed by atoms with E-state index in [1.165, 1.54) is 12.3 Å². The number of hydrogen-bond donors (Lipinski definition) is 0. The number of rotatable bonds is 1. The molecule has 47 valence electrons. The molecule has 0 N–H and O–H groups in total. The molecule has 1 heterocycles. The van der Waals surface area contributed by atoms with Crippen LogP contribution in [0, 0.1) is 16.3 Å². The summed E-state index contributed by atoms with van der Waals surface area (Å²) in [5.74, 6) is 0. The van der Waals surface area contributed by atoms with E-state index in [9.17, 15) is 10.1 Å². The molecule has 1 rings (SSSR count). The molecule has 1 radical (unpaired) electrons. The van der Waals surface area contributed by atoms with Gasteiger partial charge in [0, 0.05) is 6.08 Å². The van der Waals surface area contributed by atoms with Crippen LogP contribution in [0.15, 0.2) is 24.5 Å². The maximum atomic E-state index is 9.91. The van der Waals surface area contributed by atoms with Crippen LogP contribution in [0.4, 0.5) is 0 Å². The lowest BCUT2D eigenvalue weighted by Gasteiger charge is -2.01. The Hall–Kier alpha value is -1.32. The largest absolute Gasteiger partial charge is 0.496 e. The Morgan fingerprint density at radius 1 is 1.56 bits per heavy atom. The van der Waals surface area contributed by atoms with Crippen LogP contribution >= 0.6 is 0 Å². The Morgan fingerprint density at radius 3 is 2.67 bits per heavy atom. The molecular weight excluding hydrogens is 122 g/mol. The van der Waals surface area contributed by atoms with E-state index in [4.69, 9.17) is 0 Å². The molecular formula is C5H4NO3. The predicted molar refractivity (Wildman–Crippen MR) is 29.6 cm³/mol. The summed E-state index contributed by atoms with van der Waals surface area (Å²) in [4.78, 5) is 9.33. The van der Waals surface area contributed by atoms with Gasteiger partial charge < -0.3 is 4.74 Å². The molecule has 0 aromatic rings. The maximum Gasteiger partial charge on any atom is 0.496 e. The molecule has 0 saturated carbocycles. The average molecular weight is 126 g/mol. The molecule has 0 aliphatic carbocycles. The molecule has 1 aliphatic rings. The fourth-order valence-corrected chi connectivity index (χ4v) is 0.435. The third kappa shape index (κ3) is 1.28. The first-order valence-electron chi connectivity index (χ1n) is 2.32. The summed E-state index contributed by atoms with van der Waals surface area (Å²) in [7, 11) is 0. The summed E-state index contributed by atoms with van der Waals surface area (Å²) in [5.41, 5.74) is 0. The summed E-state index contributed by atoms with van der Waals surface area (Å²) in [6.07, 6.45) is 5.43. The summed E-state index contributed by atoms with van der Waals surface area (Å²) >= 11 is 0. The number of nitrogens with zero attached hydrogens (tertiary/aromatic N) is 1. The van der Waals surface area contributed by atoms with Crippen LogP contribution in [0.2, 0.25) is 0 Å². The van der Waals surface area contributed by atoms with Crippen LogP contribution in [-0.2, 0) is 4.74 Å². The highest BCUT2D eigenvalue weighted by molar-refractivity contribution is 5.11. The van der Waals surface area contributed by atoms with E-state index in [0.717, 1.165) is 0 Å². The van der Waals surface area contributed by atoms with Crippen molar-refractivity contribution in [2.75, 3.05) is 0 Å². The smallest absolute Gasteiger partial charge is 0.424 e. The van der Waals surface area contributed by atoms with Crippen LogP contribution in [0.5, 0.6) is 0 Å². The SMILES string of the molecule is O=[N+]([O-])[C]1C=CC=CO1. The van der Waals surface area contributed by atoms with E-state index in [1.54, 1.807) is 12.2 Å². The van der Waals surface area contributed by atoms with E-state index < -0.39 is 4.92 Å². The number of nitro groups is 1. The maximum absolute atomic E-state index is 9.91. The van der Waals surface area contributed by atoms with Crippen LogP contribution in [0.3, 0.4) is 0 Å². The lowest BCUT2D eigenvalue weighted by molar-refractivity contribution is -0.495. The third-order valence-corrected chi connectivity index (χ3v) is 0.797. The molecule has 0 amide bonds. The minimum atomic E-state index is -0.583. The van der Waals surface area contributed by atoms with Gasteiger partial charge in [0.1, 0.15) is 0 Å². The number of hydrogen-bond acceptors (Lipinski definition) is 3. The highest BCUT2D eigenvalue weighted by atomic mass is 16.7. The van der Waals surface area contributed by atoms with Crippen molar-refractivity contribution in [2.24, 2.45) is 0 Å². The number of allylic oxidation sites excluding steroid dienone is 2. The van der Waals surface area contributed by atoms with Crippen molar-refractivity contribution in [1.82, 2.24) is 0 Å². The standard InChI is InChI=1S/C5H4NO3/c7-6(8)5-3-1-2-4-9-5/h1-4H. The van der Waals surface area contributed by atoms with E-state index in [-0.39, 0.29) is 6.23 Å². The van der Waals surface area contributed by atoms with Gasteiger partial charge in [-0.3, -0.25) is 10.1 Å². The second-order valence-electron chi connectivity index (χ2n) is 1.40. The first-order valence-corrected chi connectivity index (χ1v) is 2.32. The quantitative estimate of drug-likeness (QED) is 0.386. The molecule has 1 aliphatic heterocycles. The molecule has 4 nitrogen and oxygen atoms in total. The Morgan fingerprint density at radius 2 is 2.33 bits per heavy atom. The van der Waals surface area contributed by atoms with Crippen LogP contribution in [0.1, 0.15) is 0 Å².